The lowest BCUT2D eigenvalue weighted by Crippen LogP contribution is -2.31. The van der Waals surface area contributed by atoms with E-state index in [9.17, 15) is 0 Å². The van der Waals surface area contributed by atoms with E-state index in [0.717, 1.165) is 55.1 Å². The van der Waals surface area contributed by atoms with Crippen LogP contribution in [-0.2, 0) is 0 Å². The Morgan fingerprint density at radius 1 is 1.29 bits per heavy atom. The van der Waals surface area contributed by atoms with Crippen molar-refractivity contribution in [1.82, 2.24) is 25.8 Å². The van der Waals surface area contributed by atoms with Crippen molar-refractivity contribution in [3.8, 4) is 0 Å². The van der Waals surface area contributed by atoms with E-state index in [0.29, 0.717) is 0 Å². The third-order valence-corrected chi connectivity index (χ3v) is 3.26. The quantitative estimate of drug-likeness (QED) is 0.508. The van der Waals surface area contributed by atoms with E-state index in [1.807, 2.05) is 24.7 Å². The van der Waals surface area contributed by atoms with Gasteiger partial charge >= 0.3 is 0 Å². The minimum absolute atomic E-state index is 0. The molecule has 1 aromatic heterocycles. The molecule has 0 atom stereocenters. The molecule has 114 valence electrons. The van der Waals surface area contributed by atoms with Crippen molar-refractivity contribution in [3.63, 3.8) is 0 Å². The molecular weight excluding hydrogens is 336 g/mol. The Morgan fingerprint density at radius 2 is 2.05 bits per heavy atom. The second-order valence-electron chi connectivity index (χ2n) is 4.65. The molecule has 21 heavy (non-hydrogen) atoms. The largest absolute Gasteiger partial charge is 0.353 e. The fraction of sp³-hybridized carbons (Fsp3) is 0.500. The zero-order valence-corrected chi connectivity index (χ0v) is 13.8. The van der Waals surface area contributed by atoms with Gasteiger partial charge in [0.25, 0.3) is 0 Å². The smallest absolute Gasteiger partial charge is 0.219 e. The molecule has 0 radical (unpaired) electrons. The monoisotopic (exact) mass is 354 g/mol. The molecule has 3 N–H and O–H groups in total. The van der Waals surface area contributed by atoms with Crippen molar-refractivity contribution in [1.29, 1.82) is 0 Å². The lowest BCUT2D eigenvalue weighted by atomic mass is 10.2. The third-order valence-electron chi connectivity index (χ3n) is 3.26. The van der Waals surface area contributed by atoms with Gasteiger partial charge in [-0.1, -0.05) is 0 Å². The molecule has 8 nitrogen and oxygen atoms in total. The van der Waals surface area contributed by atoms with Crippen LogP contribution < -0.4 is 16.1 Å². The van der Waals surface area contributed by atoms with E-state index in [4.69, 9.17) is 0 Å². The summed E-state index contributed by atoms with van der Waals surface area (Å²) in [5.41, 5.74) is 5.80. The highest BCUT2D eigenvalue weighted by molar-refractivity contribution is 8.93. The summed E-state index contributed by atoms with van der Waals surface area (Å²) in [6.07, 6.45) is 1.81. The molecule has 2 aliphatic rings. The number of hydrogen-bond donors (Lipinski definition) is 3. The first kappa shape index (κ1) is 15.5. The lowest BCUT2D eigenvalue weighted by Gasteiger charge is -2.06. The molecule has 0 aliphatic carbocycles. The summed E-state index contributed by atoms with van der Waals surface area (Å²) in [6, 6.07) is 0. The van der Waals surface area contributed by atoms with Gasteiger partial charge in [-0.05, 0) is 13.8 Å². The number of hydrazone groups is 1. The third kappa shape index (κ3) is 3.23. The number of nitrogens with zero attached hydrogens (tertiary/aromatic N) is 5. The zero-order chi connectivity index (χ0) is 13.9. The summed E-state index contributed by atoms with van der Waals surface area (Å²) < 4.78 is 1.81. The molecular formula is C12H19BrN8. The Balaban J connectivity index is 0.00000161. The van der Waals surface area contributed by atoms with Crippen LogP contribution in [0.3, 0.4) is 0 Å². The Labute approximate surface area is 133 Å². The van der Waals surface area contributed by atoms with Gasteiger partial charge in [0, 0.05) is 18.7 Å². The molecule has 0 amide bonds. The van der Waals surface area contributed by atoms with Crippen LogP contribution in [0.25, 0.3) is 0 Å². The Bertz CT molecular complexity index is 600. The van der Waals surface area contributed by atoms with Gasteiger partial charge < -0.3 is 10.6 Å². The van der Waals surface area contributed by atoms with Gasteiger partial charge in [0.15, 0.2) is 0 Å². The first-order chi connectivity index (χ1) is 9.75. The number of aromatic nitrogens is 2. The minimum Gasteiger partial charge on any atom is -0.353 e. The molecule has 3 heterocycles. The molecule has 0 bridgehead atoms. The Kier molecular flexibility index (Phi) is 4.94. The Hall–Kier alpha value is -1.90. The highest BCUT2D eigenvalue weighted by Crippen LogP contribution is 2.09. The van der Waals surface area contributed by atoms with Crippen LogP contribution in [-0.4, -0.2) is 53.6 Å². The van der Waals surface area contributed by atoms with Crippen LogP contribution in [0.5, 0.6) is 0 Å². The predicted octanol–water partition coefficient (Wildman–Crippen LogP) is -0.150. The SMILES string of the molecule is Br.CC(=NNC1=NCCN1)c1cnn(C2=NCCN2)c1C. The topological polar surface area (TPSA) is 91.0 Å². The maximum Gasteiger partial charge on any atom is 0.219 e. The van der Waals surface area contributed by atoms with Crippen molar-refractivity contribution in [2.45, 2.75) is 13.8 Å². The van der Waals surface area contributed by atoms with Gasteiger partial charge in [0.1, 0.15) is 0 Å². The fourth-order valence-electron chi connectivity index (χ4n) is 2.18. The highest BCUT2D eigenvalue weighted by Gasteiger charge is 2.15. The second-order valence-corrected chi connectivity index (χ2v) is 4.65. The summed E-state index contributed by atoms with van der Waals surface area (Å²) >= 11 is 0. The van der Waals surface area contributed by atoms with Gasteiger partial charge in [-0.3, -0.25) is 0 Å². The minimum atomic E-state index is 0. The fourth-order valence-corrected chi connectivity index (χ4v) is 2.18. The van der Waals surface area contributed by atoms with E-state index >= 15 is 0 Å². The first-order valence-corrected chi connectivity index (χ1v) is 6.68. The van der Waals surface area contributed by atoms with Gasteiger partial charge in [-0.15, -0.1) is 17.0 Å². The van der Waals surface area contributed by atoms with Crippen LogP contribution in [0.15, 0.2) is 21.3 Å². The van der Waals surface area contributed by atoms with Crippen molar-refractivity contribution >= 4 is 34.6 Å². The van der Waals surface area contributed by atoms with E-state index in [2.05, 4.69) is 36.2 Å². The summed E-state index contributed by atoms with van der Waals surface area (Å²) in [6.45, 7) is 7.27. The van der Waals surface area contributed by atoms with Crippen molar-refractivity contribution in [3.05, 3.63) is 17.5 Å². The molecule has 0 saturated carbocycles. The molecule has 0 unspecified atom stereocenters. The first-order valence-electron chi connectivity index (χ1n) is 6.68. The van der Waals surface area contributed by atoms with E-state index < -0.39 is 0 Å². The van der Waals surface area contributed by atoms with Crippen LogP contribution >= 0.6 is 17.0 Å². The molecule has 3 rings (SSSR count). The van der Waals surface area contributed by atoms with Crippen LogP contribution in [0, 0.1) is 6.92 Å². The highest BCUT2D eigenvalue weighted by atomic mass is 79.9. The maximum atomic E-state index is 4.37. The number of rotatable bonds is 2. The van der Waals surface area contributed by atoms with Crippen LogP contribution in [0.4, 0.5) is 0 Å². The number of guanidine groups is 1. The molecule has 0 aromatic carbocycles. The van der Waals surface area contributed by atoms with Gasteiger partial charge in [0.05, 0.1) is 30.7 Å². The van der Waals surface area contributed by atoms with Crippen molar-refractivity contribution in [2.75, 3.05) is 26.2 Å². The average Bonchev–Trinajstić information content (AvgIpc) is 3.17. The zero-order valence-electron chi connectivity index (χ0n) is 12.1. The molecule has 9 heteroatoms. The average molecular weight is 355 g/mol. The standard InChI is InChI=1S/C12H18N8.BrH/c1-8(18-19-11-13-3-4-14-11)10-7-17-20(9(10)2)12-15-5-6-16-12;/h7H,3-6H2,1-2H3,(H,15,16)(H2,13,14,19);1H. The van der Waals surface area contributed by atoms with Crippen LogP contribution in [0.2, 0.25) is 0 Å². The molecule has 1 aromatic rings. The summed E-state index contributed by atoms with van der Waals surface area (Å²) in [5, 5.41) is 15.0. The second kappa shape index (κ2) is 6.70. The van der Waals surface area contributed by atoms with Crippen LogP contribution in [0.1, 0.15) is 18.2 Å². The van der Waals surface area contributed by atoms with E-state index in [1.54, 1.807) is 0 Å². The van der Waals surface area contributed by atoms with Crippen molar-refractivity contribution < 1.29 is 0 Å². The Morgan fingerprint density at radius 3 is 2.71 bits per heavy atom. The molecule has 0 saturated heterocycles. The van der Waals surface area contributed by atoms with Gasteiger partial charge in [-0.2, -0.15) is 10.2 Å². The van der Waals surface area contributed by atoms with E-state index in [1.165, 1.54) is 0 Å². The number of nitrogens with one attached hydrogen (secondary N) is 3. The lowest BCUT2D eigenvalue weighted by molar-refractivity contribution is 0.850. The van der Waals surface area contributed by atoms with Crippen molar-refractivity contribution in [2.24, 2.45) is 15.1 Å². The summed E-state index contributed by atoms with van der Waals surface area (Å²) in [4.78, 5) is 8.60. The number of aliphatic imine (C=N–C) groups is 2. The maximum absolute atomic E-state index is 4.37. The molecule has 2 aliphatic heterocycles. The summed E-state index contributed by atoms with van der Waals surface area (Å²) in [7, 11) is 0. The normalized spacial score (nSPS) is 17.5. The molecule has 0 fully saturated rings. The van der Waals surface area contributed by atoms with Gasteiger partial charge in [-0.25, -0.2) is 20.1 Å². The predicted molar refractivity (Wildman–Crippen MR) is 88.6 cm³/mol. The van der Waals surface area contributed by atoms with E-state index in [-0.39, 0.29) is 17.0 Å². The van der Waals surface area contributed by atoms with Gasteiger partial charge in [0.2, 0.25) is 11.9 Å². The number of hydrogen-bond acceptors (Lipinski definition) is 7. The number of halogens is 1. The molecule has 0 spiro atoms. The summed E-state index contributed by atoms with van der Waals surface area (Å²) in [5.74, 6) is 1.52.